The van der Waals surface area contributed by atoms with Crippen molar-refractivity contribution in [2.75, 3.05) is 0 Å². The molecular weight excluding hydrogens is 613 g/mol. The second-order valence-corrected chi connectivity index (χ2v) is 13.9. The van der Waals surface area contributed by atoms with Gasteiger partial charge in [-0.05, 0) is 98.7 Å². The summed E-state index contributed by atoms with van der Waals surface area (Å²) in [6.45, 7) is 0. The van der Waals surface area contributed by atoms with Gasteiger partial charge in [-0.25, -0.2) is 0 Å². The van der Waals surface area contributed by atoms with Crippen LogP contribution in [0.4, 0.5) is 0 Å². The van der Waals surface area contributed by atoms with E-state index in [1.54, 1.807) is 0 Å². The van der Waals surface area contributed by atoms with Gasteiger partial charge >= 0.3 is 0 Å². The van der Waals surface area contributed by atoms with E-state index in [1.807, 2.05) is 0 Å². The molecule has 0 amide bonds. The predicted octanol–water partition coefficient (Wildman–Crippen LogP) is 13.4. The highest BCUT2D eigenvalue weighted by Crippen LogP contribution is 2.58. The minimum Gasteiger partial charge on any atom is -0.0622 e. The van der Waals surface area contributed by atoms with Crippen molar-refractivity contribution in [1.29, 1.82) is 0 Å². The third-order valence-corrected chi connectivity index (χ3v) is 11.5. The van der Waals surface area contributed by atoms with Crippen molar-refractivity contribution in [3.8, 4) is 33.4 Å². The molecule has 10 aromatic carbocycles. The van der Waals surface area contributed by atoms with E-state index in [0.29, 0.717) is 0 Å². The SMILES string of the molecule is c1ccc(-c2ccc3ccc4c(-c5cccc6c7c(ccc56)C(c5ccccc5)(c5ccccc5)c5ccccc5-7)ccc5ccc2c3c54)cc1. The van der Waals surface area contributed by atoms with Crippen molar-refractivity contribution in [3.63, 3.8) is 0 Å². The first-order valence-corrected chi connectivity index (χ1v) is 17.9. The van der Waals surface area contributed by atoms with Crippen LogP contribution in [0.15, 0.2) is 194 Å². The maximum atomic E-state index is 2.42. The van der Waals surface area contributed by atoms with Crippen LogP contribution in [0, 0.1) is 0 Å². The lowest BCUT2D eigenvalue weighted by Crippen LogP contribution is -2.28. The van der Waals surface area contributed by atoms with Crippen molar-refractivity contribution in [1.82, 2.24) is 0 Å². The van der Waals surface area contributed by atoms with E-state index in [-0.39, 0.29) is 0 Å². The van der Waals surface area contributed by atoms with Crippen LogP contribution >= 0.6 is 0 Å². The minimum absolute atomic E-state index is 0.415. The van der Waals surface area contributed by atoms with Crippen LogP contribution in [-0.4, -0.2) is 0 Å². The van der Waals surface area contributed by atoms with Gasteiger partial charge in [-0.3, -0.25) is 0 Å². The summed E-state index contributed by atoms with van der Waals surface area (Å²) in [4.78, 5) is 0. The summed E-state index contributed by atoms with van der Waals surface area (Å²) >= 11 is 0. The molecule has 236 valence electrons. The van der Waals surface area contributed by atoms with Gasteiger partial charge in [0.25, 0.3) is 0 Å². The lowest BCUT2D eigenvalue weighted by molar-refractivity contribution is 0.769. The molecule has 0 bridgehead atoms. The second kappa shape index (κ2) is 10.7. The molecule has 0 aromatic heterocycles. The molecule has 1 aliphatic carbocycles. The van der Waals surface area contributed by atoms with Crippen LogP contribution in [0.2, 0.25) is 0 Å². The summed E-state index contributed by atoms with van der Waals surface area (Å²) in [5.41, 5.74) is 12.6. The second-order valence-electron chi connectivity index (χ2n) is 13.9. The third kappa shape index (κ3) is 3.85. The van der Waals surface area contributed by atoms with Crippen molar-refractivity contribution >= 4 is 43.1 Å². The maximum absolute atomic E-state index is 2.42. The Balaban J connectivity index is 1.20. The van der Waals surface area contributed by atoms with Gasteiger partial charge in [0, 0.05) is 0 Å². The smallest absolute Gasteiger partial charge is 0.0622 e. The van der Waals surface area contributed by atoms with Gasteiger partial charge in [0.2, 0.25) is 0 Å². The molecule has 0 saturated carbocycles. The molecule has 51 heavy (non-hydrogen) atoms. The van der Waals surface area contributed by atoms with E-state index in [9.17, 15) is 0 Å². The molecule has 0 N–H and O–H groups in total. The molecule has 1 aliphatic rings. The number of hydrogen-bond acceptors (Lipinski definition) is 0. The van der Waals surface area contributed by atoms with Gasteiger partial charge in [-0.2, -0.15) is 0 Å². The Kier molecular flexibility index (Phi) is 5.97. The average Bonchev–Trinajstić information content (AvgIpc) is 3.52. The van der Waals surface area contributed by atoms with Gasteiger partial charge in [0.05, 0.1) is 5.41 Å². The summed E-state index contributed by atoms with van der Waals surface area (Å²) in [5.74, 6) is 0. The van der Waals surface area contributed by atoms with E-state index in [2.05, 4.69) is 194 Å². The standard InChI is InChI=1S/C51H32/c1-4-13-33(14-5-1)38-27-23-34-26-30-44-40(28-24-35-25-29-43(38)48(34)49(35)44)39-20-12-21-42-41(39)31-32-47-50(42)45-19-10-11-22-46(45)51(47,36-15-6-2-7-16-36)37-17-8-3-9-18-37/h1-32H. The zero-order chi connectivity index (χ0) is 33.5. The molecule has 0 radical (unpaired) electrons. The van der Waals surface area contributed by atoms with Crippen molar-refractivity contribution in [3.05, 3.63) is 216 Å². The summed E-state index contributed by atoms with van der Waals surface area (Å²) in [5, 5.41) is 10.4. The number of hydrogen-bond donors (Lipinski definition) is 0. The highest BCUT2D eigenvalue weighted by Gasteiger charge is 2.46. The first-order chi connectivity index (χ1) is 25.3. The largest absolute Gasteiger partial charge is 0.0713 e. The fraction of sp³-hybridized carbons (Fsp3) is 0.0196. The summed E-state index contributed by atoms with van der Waals surface area (Å²) < 4.78 is 0. The molecule has 0 nitrogen and oxygen atoms in total. The van der Waals surface area contributed by atoms with E-state index in [1.165, 1.54) is 98.7 Å². The summed E-state index contributed by atoms with van der Waals surface area (Å²) in [6.07, 6.45) is 0. The van der Waals surface area contributed by atoms with Crippen LogP contribution < -0.4 is 0 Å². The highest BCUT2D eigenvalue weighted by molar-refractivity contribution is 6.28. The van der Waals surface area contributed by atoms with Crippen LogP contribution in [0.3, 0.4) is 0 Å². The molecule has 0 spiro atoms. The monoisotopic (exact) mass is 644 g/mol. The van der Waals surface area contributed by atoms with Gasteiger partial charge in [-0.15, -0.1) is 0 Å². The highest BCUT2D eigenvalue weighted by atomic mass is 14.5. The predicted molar refractivity (Wildman–Crippen MR) is 216 cm³/mol. The van der Waals surface area contributed by atoms with Gasteiger partial charge in [-0.1, -0.05) is 194 Å². The molecule has 0 heteroatoms. The zero-order valence-corrected chi connectivity index (χ0v) is 28.0. The van der Waals surface area contributed by atoms with E-state index in [0.717, 1.165) is 0 Å². The molecule has 0 aliphatic heterocycles. The topological polar surface area (TPSA) is 0 Å². The first-order valence-electron chi connectivity index (χ1n) is 17.9. The number of benzene rings is 10. The van der Waals surface area contributed by atoms with Gasteiger partial charge < -0.3 is 0 Å². The Morgan fingerprint density at radius 1 is 0.275 bits per heavy atom. The molecule has 10 aromatic rings. The van der Waals surface area contributed by atoms with Crippen LogP contribution in [0.5, 0.6) is 0 Å². The Morgan fingerprint density at radius 2 is 0.784 bits per heavy atom. The average molecular weight is 645 g/mol. The third-order valence-electron chi connectivity index (χ3n) is 11.5. The van der Waals surface area contributed by atoms with Crippen molar-refractivity contribution in [2.24, 2.45) is 0 Å². The van der Waals surface area contributed by atoms with Gasteiger partial charge in [0.15, 0.2) is 0 Å². The van der Waals surface area contributed by atoms with Gasteiger partial charge in [0.1, 0.15) is 0 Å². The first kappa shape index (κ1) is 28.3. The summed E-state index contributed by atoms with van der Waals surface area (Å²) in [7, 11) is 0. The van der Waals surface area contributed by atoms with Crippen LogP contribution in [0.25, 0.3) is 76.5 Å². The van der Waals surface area contributed by atoms with Crippen molar-refractivity contribution in [2.45, 2.75) is 5.41 Å². The molecule has 0 unspecified atom stereocenters. The summed E-state index contributed by atoms with van der Waals surface area (Å²) in [6, 6.07) is 72.2. The molecule has 11 rings (SSSR count). The Labute approximate surface area is 297 Å². The van der Waals surface area contributed by atoms with E-state index in [4.69, 9.17) is 0 Å². The lowest BCUT2D eigenvalue weighted by Gasteiger charge is -2.34. The fourth-order valence-electron chi connectivity index (χ4n) is 9.44. The van der Waals surface area contributed by atoms with E-state index >= 15 is 0 Å². The quantitative estimate of drug-likeness (QED) is 0.167. The lowest BCUT2D eigenvalue weighted by atomic mass is 9.67. The Bertz CT molecular complexity index is 2900. The Hall–Kier alpha value is -6.50. The molecule has 0 heterocycles. The zero-order valence-electron chi connectivity index (χ0n) is 28.0. The normalized spacial score (nSPS) is 13.3. The van der Waals surface area contributed by atoms with Crippen molar-refractivity contribution < 1.29 is 0 Å². The minimum atomic E-state index is -0.415. The maximum Gasteiger partial charge on any atom is 0.0713 e. The molecule has 0 atom stereocenters. The molecule has 0 fully saturated rings. The number of fused-ring (bicyclic) bond motifs is 5. The molecular formula is C51H32. The Morgan fingerprint density at radius 3 is 1.47 bits per heavy atom. The molecule has 0 saturated heterocycles. The van der Waals surface area contributed by atoms with Crippen LogP contribution in [0.1, 0.15) is 22.3 Å². The fourth-order valence-corrected chi connectivity index (χ4v) is 9.44. The van der Waals surface area contributed by atoms with E-state index < -0.39 is 5.41 Å². The number of rotatable bonds is 4. The van der Waals surface area contributed by atoms with Crippen LogP contribution in [-0.2, 0) is 5.41 Å².